The van der Waals surface area contributed by atoms with Crippen LogP contribution in [0.15, 0.2) is 36.4 Å². The van der Waals surface area contributed by atoms with Gasteiger partial charge >= 0.3 is 0 Å². The Morgan fingerprint density at radius 2 is 1.94 bits per heavy atom. The highest BCUT2D eigenvalue weighted by molar-refractivity contribution is 6.00. The standard InChI is InChI=1S/C23H30N4O5/c1-26-23(29)20-16(9-6-10-19-31-12-15(24)13-32-19)17(22(25)28)11-18(27-20)21(30-2)14-7-4-3-5-8-14/h3-5,7-8,11,15,19,21H,6,9-10,12-13,24H2,1-2H3,(H2,25,28)(H,26,29)/t15?,19?,21-/m1/s1. The minimum Gasteiger partial charge on any atom is -0.370 e. The van der Waals surface area contributed by atoms with Crippen molar-refractivity contribution in [3.63, 3.8) is 0 Å². The molecule has 9 heteroatoms. The average molecular weight is 443 g/mol. The Kier molecular flexibility index (Phi) is 8.29. The number of hydrogen-bond donors (Lipinski definition) is 3. The van der Waals surface area contributed by atoms with E-state index >= 15 is 0 Å². The van der Waals surface area contributed by atoms with E-state index in [4.69, 9.17) is 25.7 Å². The molecule has 5 N–H and O–H groups in total. The molecule has 1 aromatic heterocycles. The van der Waals surface area contributed by atoms with Crippen molar-refractivity contribution < 1.29 is 23.8 Å². The van der Waals surface area contributed by atoms with Gasteiger partial charge in [-0.3, -0.25) is 9.59 Å². The Hall–Kier alpha value is -2.85. The molecule has 32 heavy (non-hydrogen) atoms. The predicted molar refractivity (Wildman–Crippen MR) is 118 cm³/mol. The van der Waals surface area contributed by atoms with Crippen molar-refractivity contribution in [3.05, 3.63) is 64.5 Å². The number of carbonyl (C=O) groups is 2. The van der Waals surface area contributed by atoms with Crippen molar-refractivity contribution in [2.24, 2.45) is 11.5 Å². The Morgan fingerprint density at radius 3 is 2.53 bits per heavy atom. The zero-order chi connectivity index (χ0) is 23.1. The molecule has 1 atom stereocenters. The molecule has 2 aromatic rings. The third-order valence-corrected chi connectivity index (χ3v) is 5.32. The lowest BCUT2D eigenvalue weighted by Crippen LogP contribution is -2.41. The van der Waals surface area contributed by atoms with Gasteiger partial charge in [-0.15, -0.1) is 0 Å². The first-order valence-electron chi connectivity index (χ1n) is 10.6. The lowest BCUT2D eigenvalue weighted by molar-refractivity contribution is -0.188. The van der Waals surface area contributed by atoms with Gasteiger partial charge in [0.05, 0.1) is 24.9 Å². The zero-order valence-electron chi connectivity index (χ0n) is 18.4. The minimum absolute atomic E-state index is 0.123. The van der Waals surface area contributed by atoms with Crippen LogP contribution < -0.4 is 16.8 Å². The Morgan fingerprint density at radius 1 is 1.25 bits per heavy atom. The fraction of sp³-hybridized carbons (Fsp3) is 0.435. The van der Waals surface area contributed by atoms with Gasteiger partial charge in [-0.05, 0) is 36.5 Å². The predicted octanol–water partition coefficient (Wildman–Crippen LogP) is 1.30. The number of carbonyl (C=O) groups excluding carboxylic acids is 2. The van der Waals surface area contributed by atoms with E-state index < -0.39 is 17.9 Å². The Balaban J connectivity index is 1.91. The molecule has 1 aromatic carbocycles. The van der Waals surface area contributed by atoms with Gasteiger partial charge in [-0.2, -0.15) is 0 Å². The molecule has 2 heterocycles. The first kappa shape index (κ1) is 23.8. The van der Waals surface area contributed by atoms with Crippen molar-refractivity contribution in [3.8, 4) is 0 Å². The number of benzene rings is 1. The largest absolute Gasteiger partial charge is 0.370 e. The maximum absolute atomic E-state index is 12.7. The summed E-state index contributed by atoms with van der Waals surface area (Å²) in [4.78, 5) is 29.6. The molecule has 9 nitrogen and oxygen atoms in total. The number of primary amides is 1. The van der Waals surface area contributed by atoms with Crippen molar-refractivity contribution in [2.75, 3.05) is 27.4 Å². The Labute approximate surface area is 187 Å². The average Bonchev–Trinajstić information content (AvgIpc) is 2.81. The summed E-state index contributed by atoms with van der Waals surface area (Å²) in [7, 11) is 3.06. The van der Waals surface area contributed by atoms with Gasteiger partial charge in [0, 0.05) is 19.7 Å². The van der Waals surface area contributed by atoms with E-state index in [-0.39, 0.29) is 23.6 Å². The third-order valence-electron chi connectivity index (χ3n) is 5.32. The topological polar surface area (TPSA) is 139 Å². The molecule has 1 saturated heterocycles. The van der Waals surface area contributed by atoms with E-state index in [0.29, 0.717) is 43.7 Å². The van der Waals surface area contributed by atoms with Crippen LogP contribution in [-0.4, -0.2) is 56.5 Å². The summed E-state index contributed by atoms with van der Waals surface area (Å²) >= 11 is 0. The van der Waals surface area contributed by atoms with E-state index in [1.807, 2.05) is 30.3 Å². The third kappa shape index (κ3) is 5.68. The molecule has 0 aliphatic carbocycles. The maximum atomic E-state index is 12.7. The second kappa shape index (κ2) is 11.1. The summed E-state index contributed by atoms with van der Waals surface area (Å²) < 4.78 is 16.8. The van der Waals surface area contributed by atoms with Gasteiger partial charge in [0.2, 0.25) is 5.91 Å². The van der Waals surface area contributed by atoms with Gasteiger partial charge < -0.3 is 31.0 Å². The fourth-order valence-corrected chi connectivity index (χ4v) is 3.73. The van der Waals surface area contributed by atoms with Crippen LogP contribution in [0.2, 0.25) is 0 Å². The van der Waals surface area contributed by atoms with E-state index in [2.05, 4.69) is 10.3 Å². The highest BCUT2D eigenvalue weighted by Crippen LogP contribution is 2.28. The molecule has 3 rings (SSSR count). The van der Waals surface area contributed by atoms with Crippen LogP contribution in [0.25, 0.3) is 0 Å². The quantitative estimate of drug-likeness (QED) is 0.532. The van der Waals surface area contributed by atoms with E-state index in [1.54, 1.807) is 13.2 Å². The number of nitrogens with two attached hydrogens (primary N) is 2. The molecule has 1 aliphatic rings. The molecular weight excluding hydrogens is 412 g/mol. The van der Waals surface area contributed by atoms with Gasteiger partial charge in [0.1, 0.15) is 11.8 Å². The molecule has 172 valence electrons. The fourth-order valence-electron chi connectivity index (χ4n) is 3.73. The van der Waals surface area contributed by atoms with Crippen molar-refractivity contribution in [1.29, 1.82) is 0 Å². The second-order valence-electron chi connectivity index (χ2n) is 7.64. The van der Waals surface area contributed by atoms with Crippen LogP contribution in [0.4, 0.5) is 0 Å². The number of rotatable bonds is 9. The molecular formula is C23H30N4O5. The van der Waals surface area contributed by atoms with Crippen molar-refractivity contribution in [2.45, 2.75) is 37.7 Å². The minimum atomic E-state index is -0.632. The number of amides is 2. The van der Waals surface area contributed by atoms with Gasteiger partial charge in [0.15, 0.2) is 6.29 Å². The molecule has 0 radical (unpaired) electrons. The van der Waals surface area contributed by atoms with E-state index in [9.17, 15) is 9.59 Å². The lowest BCUT2D eigenvalue weighted by atomic mass is 9.95. The number of nitrogens with one attached hydrogen (secondary N) is 1. The molecule has 1 fully saturated rings. The number of nitrogens with zero attached hydrogens (tertiary/aromatic N) is 1. The van der Waals surface area contributed by atoms with Crippen molar-refractivity contribution >= 4 is 11.8 Å². The van der Waals surface area contributed by atoms with E-state index in [1.165, 1.54) is 7.05 Å². The Bertz CT molecular complexity index is 929. The number of ether oxygens (including phenoxy) is 3. The van der Waals surface area contributed by atoms with Gasteiger partial charge in [-0.25, -0.2) is 4.98 Å². The number of hydrogen-bond acceptors (Lipinski definition) is 7. The maximum Gasteiger partial charge on any atom is 0.269 e. The van der Waals surface area contributed by atoms with Crippen LogP contribution in [0.3, 0.4) is 0 Å². The highest BCUT2D eigenvalue weighted by Gasteiger charge is 2.25. The summed E-state index contributed by atoms with van der Waals surface area (Å²) in [6.45, 7) is 0.879. The first-order valence-corrected chi connectivity index (χ1v) is 10.6. The number of aromatic nitrogens is 1. The van der Waals surface area contributed by atoms with Crippen LogP contribution in [0.1, 0.15) is 56.6 Å². The lowest BCUT2D eigenvalue weighted by Gasteiger charge is -2.27. The summed E-state index contributed by atoms with van der Waals surface area (Å²) in [5, 5.41) is 2.60. The highest BCUT2D eigenvalue weighted by atomic mass is 16.7. The van der Waals surface area contributed by atoms with Crippen LogP contribution >= 0.6 is 0 Å². The summed E-state index contributed by atoms with van der Waals surface area (Å²) in [6, 6.07) is 10.9. The molecule has 0 bridgehead atoms. The second-order valence-corrected chi connectivity index (χ2v) is 7.64. The number of pyridine rings is 1. The summed E-state index contributed by atoms with van der Waals surface area (Å²) in [5.74, 6) is -1.03. The zero-order valence-corrected chi connectivity index (χ0v) is 18.4. The SMILES string of the molecule is CNC(=O)c1nc([C@H](OC)c2ccccc2)cc(C(N)=O)c1CCCC1OCC(N)CO1. The molecule has 2 amide bonds. The summed E-state index contributed by atoms with van der Waals surface area (Å²) in [5.41, 5.74) is 13.6. The van der Waals surface area contributed by atoms with Crippen molar-refractivity contribution in [1.82, 2.24) is 10.3 Å². The normalized spacial score (nSPS) is 19.3. The van der Waals surface area contributed by atoms with E-state index in [0.717, 1.165) is 5.56 Å². The molecule has 0 saturated carbocycles. The van der Waals surface area contributed by atoms with Crippen LogP contribution in [0.5, 0.6) is 0 Å². The van der Waals surface area contributed by atoms with Gasteiger partial charge in [-0.1, -0.05) is 30.3 Å². The monoisotopic (exact) mass is 442 g/mol. The molecule has 0 spiro atoms. The van der Waals surface area contributed by atoms with Gasteiger partial charge in [0.25, 0.3) is 5.91 Å². The summed E-state index contributed by atoms with van der Waals surface area (Å²) in [6.07, 6.45) is 0.688. The van der Waals surface area contributed by atoms with Crippen LogP contribution in [0, 0.1) is 0 Å². The first-order chi connectivity index (χ1) is 15.4. The molecule has 0 unspecified atom stereocenters. The smallest absolute Gasteiger partial charge is 0.269 e. The molecule has 1 aliphatic heterocycles. The van der Waals surface area contributed by atoms with Crippen LogP contribution in [-0.2, 0) is 20.6 Å². The number of methoxy groups -OCH3 is 1.